The van der Waals surface area contributed by atoms with Crippen molar-refractivity contribution in [2.45, 2.75) is 51.6 Å². The highest BCUT2D eigenvalue weighted by molar-refractivity contribution is 5.05. The molecule has 0 radical (unpaired) electrons. The van der Waals surface area contributed by atoms with Gasteiger partial charge in [0.1, 0.15) is 5.76 Å². The first kappa shape index (κ1) is 13.6. The molecule has 3 nitrogen and oxygen atoms in total. The van der Waals surface area contributed by atoms with Gasteiger partial charge in [0.2, 0.25) is 0 Å². The molecule has 3 heteroatoms. The molecule has 0 aliphatic carbocycles. The van der Waals surface area contributed by atoms with Crippen molar-refractivity contribution >= 4 is 0 Å². The van der Waals surface area contributed by atoms with Gasteiger partial charge in [-0.05, 0) is 58.5 Å². The van der Waals surface area contributed by atoms with Crippen LogP contribution in [0, 0.1) is 0 Å². The third-order valence-electron chi connectivity index (χ3n) is 4.21. The predicted molar refractivity (Wildman–Crippen MR) is 74.8 cm³/mol. The highest BCUT2D eigenvalue weighted by Crippen LogP contribution is 2.26. The Hall–Kier alpha value is -0.800. The molecule has 2 heterocycles. The van der Waals surface area contributed by atoms with Crippen molar-refractivity contribution in [2.75, 3.05) is 19.6 Å². The number of furan rings is 1. The van der Waals surface area contributed by atoms with E-state index in [1.54, 1.807) is 6.26 Å². The van der Waals surface area contributed by atoms with Gasteiger partial charge in [-0.1, -0.05) is 6.92 Å². The maximum Gasteiger partial charge on any atom is 0.105 e. The van der Waals surface area contributed by atoms with Gasteiger partial charge < -0.3 is 9.73 Å². The fourth-order valence-electron chi connectivity index (χ4n) is 2.96. The molecular weight excluding hydrogens is 224 g/mol. The highest BCUT2D eigenvalue weighted by atomic mass is 16.3. The van der Waals surface area contributed by atoms with Crippen LogP contribution < -0.4 is 5.32 Å². The highest BCUT2D eigenvalue weighted by Gasteiger charge is 2.36. The van der Waals surface area contributed by atoms with Gasteiger partial charge in [0, 0.05) is 18.0 Å². The van der Waals surface area contributed by atoms with E-state index in [2.05, 4.69) is 37.1 Å². The van der Waals surface area contributed by atoms with E-state index in [-0.39, 0.29) is 5.54 Å². The SMILES string of the molecule is CCNC(Cc1ccco1)C(C)(C)N1CCCC1. The predicted octanol–water partition coefficient (Wildman–Crippen LogP) is 2.67. The summed E-state index contributed by atoms with van der Waals surface area (Å²) in [6.45, 7) is 10.3. The van der Waals surface area contributed by atoms with Crippen LogP contribution in [0.25, 0.3) is 0 Å². The minimum absolute atomic E-state index is 0.180. The normalized spacial score (nSPS) is 19.3. The van der Waals surface area contributed by atoms with Gasteiger partial charge in [-0.2, -0.15) is 0 Å². The van der Waals surface area contributed by atoms with Crippen molar-refractivity contribution in [3.63, 3.8) is 0 Å². The minimum Gasteiger partial charge on any atom is -0.469 e. The van der Waals surface area contributed by atoms with Gasteiger partial charge in [-0.3, -0.25) is 4.90 Å². The van der Waals surface area contributed by atoms with Crippen molar-refractivity contribution in [3.8, 4) is 0 Å². The standard InChI is InChI=1S/C15H26N2O/c1-4-16-14(12-13-8-7-11-18-13)15(2,3)17-9-5-6-10-17/h7-8,11,14,16H,4-6,9-10,12H2,1-3H3. The minimum atomic E-state index is 0.180. The average Bonchev–Trinajstić information content (AvgIpc) is 3.01. The summed E-state index contributed by atoms with van der Waals surface area (Å²) in [5.41, 5.74) is 0.180. The molecule has 1 aromatic heterocycles. The van der Waals surface area contributed by atoms with Gasteiger partial charge in [0.05, 0.1) is 6.26 Å². The third kappa shape index (κ3) is 2.96. The molecule has 0 spiro atoms. The van der Waals surface area contributed by atoms with E-state index in [0.717, 1.165) is 18.7 Å². The quantitative estimate of drug-likeness (QED) is 0.841. The molecule has 102 valence electrons. The van der Waals surface area contributed by atoms with E-state index in [4.69, 9.17) is 4.42 Å². The number of nitrogens with zero attached hydrogens (tertiary/aromatic N) is 1. The Balaban J connectivity index is 2.07. The Labute approximate surface area is 111 Å². The number of rotatable bonds is 6. The van der Waals surface area contributed by atoms with Crippen LogP contribution in [0.15, 0.2) is 22.8 Å². The number of hydrogen-bond donors (Lipinski definition) is 1. The number of hydrogen-bond acceptors (Lipinski definition) is 3. The van der Waals surface area contributed by atoms with E-state index in [0.29, 0.717) is 6.04 Å². The summed E-state index contributed by atoms with van der Waals surface area (Å²) in [6, 6.07) is 4.48. The van der Waals surface area contributed by atoms with Crippen LogP contribution in [0.3, 0.4) is 0 Å². The largest absolute Gasteiger partial charge is 0.469 e. The van der Waals surface area contributed by atoms with Gasteiger partial charge in [0.25, 0.3) is 0 Å². The summed E-state index contributed by atoms with van der Waals surface area (Å²) in [5, 5.41) is 3.64. The zero-order valence-corrected chi connectivity index (χ0v) is 11.9. The molecule has 0 amide bonds. The van der Waals surface area contributed by atoms with Gasteiger partial charge >= 0.3 is 0 Å². The van der Waals surface area contributed by atoms with Crippen LogP contribution in [-0.2, 0) is 6.42 Å². The molecule has 2 rings (SSSR count). The second-order valence-electron chi connectivity index (χ2n) is 5.74. The van der Waals surface area contributed by atoms with Crippen molar-refractivity contribution < 1.29 is 4.42 Å². The molecule has 0 aromatic carbocycles. The molecule has 1 aliphatic heterocycles. The fourth-order valence-corrected chi connectivity index (χ4v) is 2.96. The molecule has 0 saturated carbocycles. The summed E-state index contributed by atoms with van der Waals surface area (Å²) in [5.74, 6) is 1.08. The first-order valence-corrected chi connectivity index (χ1v) is 7.15. The molecule has 18 heavy (non-hydrogen) atoms. The molecule has 1 N–H and O–H groups in total. The average molecular weight is 250 g/mol. The van der Waals surface area contributed by atoms with Crippen molar-refractivity contribution in [3.05, 3.63) is 24.2 Å². The van der Waals surface area contributed by atoms with E-state index < -0.39 is 0 Å². The van der Waals surface area contributed by atoms with Crippen LogP contribution in [0.5, 0.6) is 0 Å². The lowest BCUT2D eigenvalue weighted by Gasteiger charge is -2.42. The molecule has 1 unspecified atom stereocenters. The van der Waals surface area contributed by atoms with Crippen LogP contribution >= 0.6 is 0 Å². The van der Waals surface area contributed by atoms with Crippen LogP contribution in [-0.4, -0.2) is 36.1 Å². The van der Waals surface area contributed by atoms with Crippen LogP contribution in [0.4, 0.5) is 0 Å². The van der Waals surface area contributed by atoms with Crippen molar-refractivity contribution in [2.24, 2.45) is 0 Å². The Kier molecular flexibility index (Phi) is 4.46. The van der Waals surface area contributed by atoms with E-state index >= 15 is 0 Å². The smallest absolute Gasteiger partial charge is 0.105 e. The fraction of sp³-hybridized carbons (Fsp3) is 0.733. The second-order valence-corrected chi connectivity index (χ2v) is 5.74. The molecule has 1 aliphatic rings. The number of likely N-dealkylation sites (tertiary alicyclic amines) is 1. The van der Waals surface area contributed by atoms with E-state index in [1.807, 2.05) is 6.07 Å². The molecule has 1 fully saturated rings. The molecule has 1 saturated heterocycles. The van der Waals surface area contributed by atoms with Crippen molar-refractivity contribution in [1.82, 2.24) is 10.2 Å². The lowest BCUT2D eigenvalue weighted by Crippen LogP contribution is -2.57. The van der Waals surface area contributed by atoms with Gasteiger partial charge in [0.15, 0.2) is 0 Å². The number of nitrogens with one attached hydrogen (secondary N) is 1. The summed E-state index contributed by atoms with van der Waals surface area (Å²) >= 11 is 0. The summed E-state index contributed by atoms with van der Waals surface area (Å²) in [4.78, 5) is 2.61. The van der Waals surface area contributed by atoms with E-state index in [9.17, 15) is 0 Å². The Morgan fingerprint density at radius 1 is 1.39 bits per heavy atom. The maximum absolute atomic E-state index is 5.51. The lowest BCUT2D eigenvalue weighted by atomic mass is 9.89. The first-order chi connectivity index (χ1) is 8.64. The van der Waals surface area contributed by atoms with Gasteiger partial charge in [-0.15, -0.1) is 0 Å². The number of likely N-dealkylation sites (N-methyl/N-ethyl adjacent to an activating group) is 1. The van der Waals surface area contributed by atoms with E-state index in [1.165, 1.54) is 25.9 Å². The van der Waals surface area contributed by atoms with Crippen LogP contribution in [0.2, 0.25) is 0 Å². The Bertz CT molecular complexity index is 339. The summed E-state index contributed by atoms with van der Waals surface area (Å²) in [7, 11) is 0. The van der Waals surface area contributed by atoms with Crippen LogP contribution in [0.1, 0.15) is 39.4 Å². The molecular formula is C15H26N2O. The zero-order valence-electron chi connectivity index (χ0n) is 11.9. The Morgan fingerprint density at radius 3 is 2.67 bits per heavy atom. The third-order valence-corrected chi connectivity index (χ3v) is 4.21. The monoisotopic (exact) mass is 250 g/mol. The van der Waals surface area contributed by atoms with Gasteiger partial charge in [-0.25, -0.2) is 0 Å². The van der Waals surface area contributed by atoms with Crippen molar-refractivity contribution in [1.29, 1.82) is 0 Å². The second kappa shape index (κ2) is 5.89. The molecule has 1 atom stereocenters. The Morgan fingerprint density at radius 2 is 2.11 bits per heavy atom. The lowest BCUT2D eigenvalue weighted by molar-refractivity contribution is 0.105. The topological polar surface area (TPSA) is 28.4 Å². The summed E-state index contributed by atoms with van der Waals surface area (Å²) < 4.78 is 5.51. The maximum atomic E-state index is 5.51. The molecule has 0 bridgehead atoms. The summed E-state index contributed by atoms with van der Waals surface area (Å²) in [6.07, 6.45) is 5.40. The first-order valence-electron chi connectivity index (χ1n) is 7.15. The zero-order chi connectivity index (χ0) is 13.0. The molecule has 1 aromatic rings.